The van der Waals surface area contributed by atoms with Crippen LogP contribution >= 0.6 is 81.9 Å². The molecular weight excluding hydrogens is 506 g/mol. The fourth-order valence-electron chi connectivity index (χ4n) is 0.467. The van der Waals surface area contributed by atoms with E-state index in [9.17, 15) is 4.57 Å². The van der Waals surface area contributed by atoms with Crippen molar-refractivity contribution in [2.24, 2.45) is 0 Å². The molecular formula is C6H10Br4ClO3P. The van der Waals surface area contributed by atoms with Gasteiger partial charge >= 0.3 is 6.95 Å². The van der Waals surface area contributed by atoms with Crippen molar-refractivity contribution in [1.29, 1.82) is 0 Å². The highest BCUT2D eigenvalue weighted by Crippen LogP contribution is 2.63. The fraction of sp³-hybridized carbons (Fsp3) is 1.00. The summed E-state index contributed by atoms with van der Waals surface area (Å²) in [6.07, 6.45) is 1.05. The maximum absolute atomic E-state index is 11.8. The molecule has 0 spiro atoms. The Labute approximate surface area is 128 Å². The van der Waals surface area contributed by atoms with Crippen LogP contribution in [0.4, 0.5) is 0 Å². The molecule has 0 aliphatic rings. The van der Waals surface area contributed by atoms with Crippen molar-refractivity contribution in [3.8, 4) is 0 Å². The van der Waals surface area contributed by atoms with Crippen LogP contribution in [0.2, 0.25) is 0 Å². The second kappa shape index (κ2) is 6.50. The first-order chi connectivity index (χ1) is 6.54. The van der Waals surface area contributed by atoms with Gasteiger partial charge in [-0.3, -0.25) is 9.05 Å². The standard InChI is InChI=1S/C6H10Br4ClO3P/c1-3-5(7,8)13-15(11,12)14-6(9,10)4-2/h3-4H2,1-2H3. The monoisotopic (exact) mass is 512 g/mol. The molecule has 0 aromatic rings. The Balaban J connectivity index is 4.51. The third kappa shape index (κ3) is 8.14. The van der Waals surface area contributed by atoms with E-state index in [0.717, 1.165) is 0 Å². The van der Waals surface area contributed by atoms with Crippen LogP contribution in [0, 0.1) is 0 Å². The van der Waals surface area contributed by atoms with E-state index in [1.807, 2.05) is 13.8 Å². The van der Waals surface area contributed by atoms with E-state index < -0.39 is 13.8 Å². The van der Waals surface area contributed by atoms with Gasteiger partial charge in [-0.15, -0.1) is 0 Å². The van der Waals surface area contributed by atoms with Gasteiger partial charge in [0, 0.05) is 11.2 Å². The third-order valence-corrected chi connectivity index (χ3v) is 6.67. The van der Waals surface area contributed by atoms with Crippen LogP contribution in [-0.4, -0.2) is 6.84 Å². The molecule has 0 saturated carbocycles. The van der Waals surface area contributed by atoms with Crippen molar-refractivity contribution >= 4 is 81.9 Å². The van der Waals surface area contributed by atoms with E-state index in [2.05, 4.69) is 63.7 Å². The highest BCUT2D eigenvalue weighted by Gasteiger charge is 2.39. The van der Waals surface area contributed by atoms with Crippen LogP contribution < -0.4 is 0 Å². The summed E-state index contributed by atoms with van der Waals surface area (Å²) >= 11 is 18.3. The Morgan fingerprint density at radius 2 is 1.33 bits per heavy atom. The fourth-order valence-corrected chi connectivity index (χ4v) is 5.39. The summed E-state index contributed by atoms with van der Waals surface area (Å²) in [5, 5.41) is 0. The minimum absolute atomic E-state index is 0.525. The zero-order chi connectivity index (χ0) is 12.3. The lowest BCUT2D eigenvalue weighted by molar-refractivity contribution is 0.175. The molecule has 92 valence electrons. The lowest BCUT2D eigenvalue weighted by Gasteiger charge is -2.26. The van der Waals surface area contributed by atoms with Gasteiger partial charge in [-0.05, 0) is 76.6 Å². The van der Waals surface area contributed by atoms with E-state index in [4.69, 9.17) is 20.3 Å². The second-order valence-corrected chi connectivity index (χ2v) is 12.3. The van der Waals surface area contributed by atoms with Crippen molar-refractivity contribution in [2.75, 3.05) is 0 Å². The summed E-state index contributed by atoms with van der Waals surface area (Å²) in [5.74, 6) is 0. The lowest BCUT2D eigenvalue weighted by Crippen LogP contribution is -2.17. The van der Waals surface area contributed by atoms with Crippen molar-refractivity contribution < 1.29 is 13.6 Å². The highest BCUT2D eigenvalue weighted by atomic mass is 79.9. The molecule has 0 bridgehead atoms. The summed E-state index contributed by atoms with van der Waals surface area (Å²) in [6, 6.07) is 0. The van der Waals surface area contributed by atoms with Crippen molar-refractivity contribution in [3.63, 3.8) is 0 Å². The zero-order valence-electron chi connectivity index (χ0n) is 7.98. The molecule has 0 atom stereocenters. The second-order valence-electron chi connectivity index (χ2n) is 2.59. The van der Waals surface area contributed by atoms with Crippen molar-refractivity contribution in [3.05, 3.63) is 0 Å². The van der Waals surface area contributed by atoms with Gasteiger partial charge in [-0.2, -0.15) is 0 Å². The summed E-state index contributed by atoms with van der Waals surface area (Å²) in [7, 11) is 0. The molecule has 0 unspecified atom stereocenters. The summed E-state index contributed by atoms with van der Waals surface area (Å²) < 4.78 is 20.0. The molecule has 9 heteroatoms. The van der Waals surface area contributed by atoms with Crippen LogP contribution in [0.1, 0.15) is 26.7 Å². The van der Waals surface area contributed by atoms with Crippen LogP contribution in [0.3, 0.4) is 0 Å². The first-order valence-electron chi connectivity index (χ1n) is 4.00. The largest absolute Gasteiger partial charge is 0.428 e. The Kier molecular flexibility index (Phi) is 7.53. The molecule has 0 heterocycles. The van der Waals surface area contributed by atoms with Gasteiger partial charge in [0.15, 0.2) is 6.84 Å². The molecule has 0 saturated heterocycles. The van der Waals surface area contributed by atoms with Crippen LogP contribution in [0.25, 0.3) is 0 Å². The number of rotatable bonds is 6. The Hall–Kier alpha value is 2.36. The third-order valence-electron chi connectivity index (χ3n) is 1.31. The smallest absolute Gasteiger partial charge is 0.268 e. The van der Waals surface area contributed by atoms with E-state index in [-0.39, 0.29) is 0 Å². The maximum Gasteiger partial charge on any atom is 0.428 e. The van der Waals surface area contributed by atoms with Crippen LogP contribution in [0.5, 0.6) is 0 Å². The topological polar surface area (TPSA) is 35.5 Å². The first-order valence-corrected chi connectivity index (χ1v) is 9.62. The van der Waals surface area contributed by atoms with Gasteiger partial charge in [0.05, 0.1) is 0 Å². The van der Waals surface area contributed by atoms with Gasteiger partial charge in [0.1, 0.15) is 0 Å². The maximum atomic E-state index is 11.8. The van der Waals surface area contributed by atoms with Gasteiger partial charge in [0.25, 0.3) is 0 Å². The Bertz CT molecular complexity index is 239. The minimum Gasteiger partial charge on any atom is -0.268 e. The van der Waals surface area contributed by atoms with Crippen LogP contribution in [0.15, 0.2) is 0 Å². The molecule has 0 aromatic carbocycles. The van der Waals surface area contributed by atoms with Crippen LogP contribution in [-0.2, 0) is 13.6 Å². The molecule has 0 rings (SSSR count). The average molecular weight is 516 g/mol. The van der Waals surface area contributed by atoms with Gasteiger partial charge < -0.3 is 0 Å². The van der Waals surface area contributed by atoms with Gasteiger partial charge in [0.2, 0.25) is 0 Å². The highest BCUT2D eigenvalue weighted by molar-refractivity contribution is 9.25. The summed E-state index contributed by atoms with van der Waals surface area (Å²) in [4.78, 5) is 0. The molecule has 0 radical (unpaired) electrons. The predicted molar refractivity (Wildman–Crippen MR) is 77.4 cm³/mol. The normalized spacial score (nSPS) is 14.3. The molecule has 0 N–H and O–H groups in total. The predicted octanol–water partition coefficient (Wildman–Crippen LogP) is 6.07. The molecule has 0 fully saturated rings. The zero-order valence-corrected chi connectivity index (χ0v) is 16.0. The van der Waals surface area contributed by atoms with E-state index >= 15 is 0 Å². The molecule has 0 aliphatic carbocycles. The quantitative estimate of drug-likeness (QED) is 0.318. The van der Waals surface area contributed by atoms with E-state index in [0.29, 0.717) is 12.8 Å². The number of hydrogen-bond acceptors (Lipinski definition) is 3. The van der Waals surface area contributed by atoms with E-state index in [1.54, 1.807) is 0 Å². The van der Waals surface area contributed by atoms with Gasteiger partial charge in [-0.25, -0.2) is 4.57 Å². The SMILES string of the molecule is CCC(Br)(Br)OP(=O)(Cl)OC(Br)(Br)CC. The molecule has 15 heavy (non-hydrogen) atoms. The first kappa shape index (κ1) is 17.4. The Morgan fingerprint density at radius 3 is 1.53 bits per heavy atom. The Morgan fingerprint density at radius 1 is 1.07 bits per heavy atom. The van der Waals surface area contributed by atoms with E-state index in [1.165, 1.54) is 0 Å². The average Bonchev–Trinajstić information content (AvgIpc) is 2.00. The minimum atomic E-state index is -3.68. The molecule has 0 aromatic heterocycles. The number of hydrogen-bond donors (Lipinski definition) is 0. The van der Waals surface area contributed by atoms with Crippen molar-refractivity contribution in [2.45, 2.75) is 33.5 Å². The molecule has 3 nitrogen and oxygen atoms in total. The lowest BCUT2D eigenvalue weighted by atomic mass is 10.5. The van der Waals surface area contributed by atoms with Crippen molar-refractivity contribution in [1.82, 2.24) is 0 Å². The number of halogens is 5. The van der Waals surface area contributed by atoms with Gasteiger partial charge in [-0.1, -0.05) is 13.8 Å². The summed E-state index contributed by atoms with van der Waals surface area (Å²) in [6.45, 7) is -0.0257. The summed E-state index contributed by atoms with van der Waals surface area (Å²) in [5.41, 5.74) is 0. The molecule has 0 aliphatic heterocycles. The molecule has 0 amide bonds. The number of alkyl halides is 4.